The van der Waals surface area contributed by atoms with Gasteiger partial charge in [-0.2, -0.15) is 0 Å². The van der Waals surface area contributed by atoms with E-state index in [9.17, 15) is 18.7 Å². The van der Waals surface area contributed by atoms with Crippen molar-refractivity contribution in [3.05, 3.63) is 106 Å². The Bertz CT molecular complexity index is 1380. The molecule has 1 amide bonds. The largest absolute Gasteiger partial charge is 0.390 e. The third-order valence-electron chi connectivity index (χ3n) is 8.39. The molecule has 3 N–H and O–H groups in total. The van der Waals surface area contributed by atoms with Crippen LogP contribution >= 0.6 is 24.8 Å². The Labute approximate surface area is 280 Å². The van der Waals surface area contributed by atoms with E-state index in [4.69, 9.17) is 0 Å². The molecule has 0 radical (unpaired) electrons. The Morgan fingerprint density at radius 3 is 2.29 bits per heavy atom. The number of nitrogens with one attached hydrogen (secondary N) is 2. The van der Waals surface area contributed by atoms with Gasteiger partial charge in [0.1, 0.15) is 11.6 Å². The number of aryl methyl sites for hydroxylation is 2. The molecular weight excluding hydrogens is 615 g/mol. The van der Waals surface area contributed by atoms with E-state index in [1.54, 1.807) is 0 Å². The number of amides is 1. The summed E-state index contributed by atoms with van der Waals surface area (Å²) in [7, 11) is 2.08. The van der Waals surface area contributed by atoms with Crippen LogP contribution in [0.4, 0.5) is 8.78 Å². The second-order valence-electron chi connectivity index (χ2n) is 12.8. The van der Waals surface area contributed by atoms with Gasteiger partial charge in [0.15, 0.2) is 0 Å². The number of hydrogen-bond donors (Lipinski definition) is 3. The first-order valence-corrected chi connectivity index (χ1v) is 15.5. The van der Waals surface area contributed by atoms with Crippen LogP contribution in [0.3, 0.4) is 0 Å². The highest BCUT2D eigenvalue weighted by molar-refractivity contribution is 5.94. The Morgan fingerprint density at radius 2 is 1.67 bits per heavy atom. The second kappa shape index (κ2) is 17.4. The molecule has 1 aliphatic carbocycles. The van der Waals surface area contributed by atoms with Crippen LogP contribution in [0, 0.1) is 24.5 Å². The summed E-state index contributed by atoms with van der Waals surface area (Å²) in [4.78, 5) is 15.8. The molecular formula is C36H49Cl2F2N3O2. The molecule has 0 aromatic heterocycles. The van der Waals surface area contributed by atoms with E-state index in [1.165, 1.54) is 23.3 Å². The molecule has 1 saturated carbocycles. The van der Waals surface area contributed by atoms with Gasteiger partial charge in [-0.3, -0.25) is 4.79 Å². The van der Waals surface area contributed by atoms with E-state index in [0.29, 0.717) is 23.6 Å². The number of benzene rings is 3. The van der Waals surface area contributed by atoms with Crippen molar-refractivity contribution >= 4 is 30.7 Å². The Hall–Kier alpha value is -2.55. The minimum absolute atomic E-state index is 0. The Balaban J connectivity index is 0.00000353. The van der Waals surface area contributed by atoms with Gasteiger partial charge in [-0.15, -0.1) is 24.8 Å². The van der Waals surface area contributed by atoms with E-state index in [1.807, 2.05) is 19.1 Å². The molecule has 1 aliphatic rings. The van der Waals surface area contributed by atoms with Gasteiger partial charge in [-0.1, -0.05) is 56.7 Å². The molecule has 3 aromatic carbocycles. The minimum atomic E-state index is -0.992. The van der Waals surface area contributed by atoms with Gasteiger partial charge in [0.05, 0.1) is 12.1 Å². The summed E-state index contributed by atoms with van der Waals surface area (Å²) in [5.74, 6) is -1.09. The molecule has 0 bridgehead atoms. The number of halogens is 4. The van der Waals surface area contributed by atoms with Gasteiger partial charge in [0.2, 0.25) is 0 Å². The highest BCUT2D eigenvalue weighted by atomic mass is 35.5. The average molecular weight is 665 g/mol. The summed E-state index contributed by atoms with van der Waals surface area (Å²) >= 11 is 0. The first kappa shape index (κ1) is 38.6. The zero-order valence-corrected chi connectivity index (χ0v) is 28.7. The molecule has 4 rings (SSSR count). The van der Waals surface area contributed by atoms with Crippen LogP contribution in [0.5, 0.6) is 0 Å². The van der Waals surface area contributed by atoms with Crippen molar-refractivity contribution < 1.29 is 18.7 Å². The third-order valence-corrected chi connectivity index (χ3v) is 8.39. The van der Waals surface area contributed by atoms with Crippen molar-refractivity contribution in [1.29, 1.82) is 0 Å². The Morgan fingerprint density at radius 1 is 0.978 bits per heavy atom. The van der Waals surface area contributed by atoms with E-state index in [-0.39, 0.29) is 49.2 Å². The zero-order valence-electron chi connectivity index (χ0n) is 27.0. The highest BCUT2D eigenvalue weighted by Gasteiger charge is 2.44. The highest BCUT2D eigenvalue weighted by Crippen LogP contribution is 2.45. The van der Waals surface area contributed by atoms with Gasteiger partial charge < -0.3 is 20.6 Å². The van der Waals surface area contributed by atoms with Crippen molar-refractivity contribution in [3.8, 4) is 0 Å². The van der Waals surface area contributed by atoms with Gasteiger partial charge in [0.25, 0.3) is 5.91 Å². The monoisotopic (exact) mass is 663 g/mol. The number of rotatable bonds is 15. The third kappa shape index (κ3) is 11.3. The van der Waals surface area contributed by atoms with Crippen LogP contribution < -0.4 is 10.6 Å². The predicted octanol–water partition coefficient (Wildman–Crippen LogP) is 7.14. The maximum absolute atomic E-state index is 14.1. The number of aliphatic hydroxyl groups is 1. The van der Waals surface area contributed by atoms with Crippen LogP contribution in [0.25, 0.3) is 0 Å². The quantitative estimate of drug-likeness (QED) is 0.162. The molecule has 0 heterocycles. The van der Waals surface area contributed by atoms with Crippen molar-refractivity contribution in [2.45, 2.75) is 84.0 Å². The first-order valence-electron chi connectivity index (χ1n) is 15.5. The van der Waals surface area contributed by atoms with Gasteiger partial charge in [-0.25, -0.2) is 8.78 Å². The molecule has 2 atom stereocenters. The molecule has 1 fully saturated rings. The fourth-order valence-corrected chi connectivity index (χ4v) is 5.70. The minimum Gasteiger partial charge on any atom is -0.390 e. The lowest BCUT2D eigenvalue weighted by atomic mass is 9.97. The number of aliphatic hydroxyl groups excluding tert-OH is 1. The smallest absolute Gasteiger partial charge is 0.251 e. The van der Waals surface area contributed by atoms with Crippen molar-refractivity contribution in [2.24, 2.45) is 5.92 Å². The summed E-state index contributed by atoms with van der Waals surface area (Å²) in [5, 5.41) is 17.9. The lowest BCUT2D eigenvalue weighted by Crippen LogP contribution is -2.50. The number of carbonyl (C=O) groups excluding carboxylic acids is 1. The lowest BCUT2D eigenvalue weighted by Gasteiger charge is -2.28. The average Bonchev–Trinajstić information content (AvgIpc) is 3.75. The zero-order chi connectivity index (χ0) is 31.1. The van der Waals surface area contributed by atoms with E-state index < -0.39 is 23.8 Å². The molecule has 0 unspecified atom stereocenters. The standard InChI is InChI=1S/C36H47F2N3O2.2ClH/c1-6-26-8-7-9-30(17-26)36(11-12-36)39-22-34(42)33(20-27-18-31(37)21-32(38)19-27)40-35(43)29-15-25(4)14-28(16-29)23-41(5)13-10-24(2)3;;/h7-9,14-19,21,24,33-34,39,42H,6,10-13,20,22-23H2,1-5H3,(H,40,43);2*1H/t33-,34+;;/m0../s1. The summed E-state index contributed by atoms with van der Waals surface area (Å²) in [5.41, 5.74) is 5.11. The van der Waals surface area contributed by atoms with Crippen molar-refractivity contribution in [2.75, 3.05) is 20.1 Å². The lowest BCUT2D eigenvalue weighted by molar-refractivity contribution is 0.0821. The number of nitrogens with zero attached hydrogens (tertiary/aromatic N) is 1. The molecule has 45 heavy (non-hydrogen) atoms. The van der Waals surface area contributed by atoms with Gasteiger partial charge in [-0.05, 0) is 105 Å². The van der Waals surface area contributed by atoms with Crippen molar-refractivity contribution in [1.82, 2.24) is 15.5 Å². The van der Waals surface area contributed by atoms with Crippen LogP contribution in [0.1, 0.15) is 78.2 Å². The first-order chi connectivity index (χ1) is 20.5. The topological polar surface area (TPSA) is 64.6 Å². The van der Waals surface area contributed by atoms with Gasteiger partial charge in [0, 0.05) is 30.3 Å². The molecule has 5 nitrogen and oxygen atoms in total. The van der Waals surface area contributed by atoms with Crippen LogP contribution in [-0.2, 0) is 24.9 Å². The maximum Gasteiger partial charge on any atom is 0.251 e. The van der Waals surface area contributed by atoms with Crippen LogP contribution in [0.15, 0.2) is 60.7 Å². The van der Waals surface area contributed by atoms with E-state index in [2.05, 4.69) is 73.7 Å². The fraction of sp³-hybridized carbons (Fsp3) is 0.472. The molecule has 248 valence electrons. The molecule has 0 spiro atoms. The fourth-order valence-electron chi connectivity index (χ4n) is 5.70. The molecule has 9 heteroatoms. The van der Waals surface area contributed by atoms with Gasteiger partial charge >= 0.3 is 0 Å². The van der Waals surface area contributed by atoms with Crippen LogP contribution in [-0.4, -0.2) is 48.2 Å². The Kier molecular flexibility index (Phi) is 14.9. The normalized spacial score (nSPS) is 14.8. The SMILES string of the molecule is CCc1cccc(C2(NC[C@@H](O)[C@H](Cc3cc(F)cc(F)c3)NC(=O)c3cc(C)cc(CN(C)CCC(C)C)c3)CC2)c1.Cl.Cl. The van der Waals surface area contributed by atoms with Crippen molar-refractivity contribution in [3.63, 3.8) is 0 Å². The van der Waals surface area contributed by atoms with Crippen LogP contribution in [0.2, 0.25) is 0 Å². The number of hydrogen-bond acceptors (Lipinski definition) is 4. The van der Waals surface area contributed by atoms with E-state index >= 15 is 0 Å². The predicted molar refractivity (Wildman–Crippen MR) is 184 cm³/mol. The maximum atomic E-state index is 14.1. The van der Waals surface area contributed by atoms with E-state index in [0.717, 1.165) is 49.4 Å². The second-order valence-corrected chi connectivity index (χ2v) is 12.8. The molecule has 0 saturated heterocycles. The summed E-state index contributed by atoms with van der Waals surface area (Å²) < 4.78 is 28.1. The summed E-state index contributed by atoms with van der Waals surface area (Å²) in [6.45, 7) is 10.4. The summed E-state index contributed by atoms with van der Waals surface area (Å²) in [6, 6.07) is 16.8. The summed E-state index contributed by atoms with van der Waals surface area (Å²) in [6.07, 6.45) is 3.04. The molecule has 3 aromatic rings. The molecule has 0 aliphatic heterocycles. The number of carbonyl (C=O) groups is 1.